The van der Waals surface area contributed by atoms with E-state index < -0.39 is 0 Å². The first-order valence-electron chi connectivity index (χ1n) is 5.87. The fourth-order valence-electron chi connectivity index (χ4n) is 1.70. The Hall–Kier alpha value is -0.910. The summed E-state index contributed by atoms with van der Waals surface area (Å²) in [5.41, 5.74) is 7.18. The Bertz CT molecular complexity index is 325. The van der Waals surface area contributed by atoms with Gasteiger partial charge < -0.3 is 19.8 Å². The van der Waals surface area contributed by atoms with Crippen LogP contribution in [0.4, 0.5) is 0 Å². The molecule has 0 saturated carbocycles. The van der Waals surface area contributed by atoms with Crippen molar-refractivity contribution in [2.24, 2.45) is 11.7 Å². The minimum atomic E-state index is -0.00227. The number of nitrogens with zero attached hydrogens (tertiary/aromatic N) is 2. The molecule has 0 fully saturated rings. The smallest absolute Gasteiger partial charge is 0.0983 e. The van der Waals surface area contributed by atoms with Crippen molar-refractivity contribution in [2.75, 3.05) is 20.8 Å². The number of rotatable bonds is 7. The standard InChI is InChI=1S/C12H23N3O2/c1-9(2)12(13)11-5-14-8-15(11)6-10(17-4)7-16-3/h5,8-10,12H,6-7,13H2,1-4H3. The average Bonchev–Trinajstić information content (AvgIpc) is 2.75. The molecule has 0 aliphatic carbocycles. The van der Waals surface area contributed by atoms with Gasteiger partial charge in [-0.1, -0.05) is 13.8 Å². The summed E-state index contributed by atoms with van der Waals surface area (Å²) in [5, 5.41) is 0. The first-order chi connectivity index (χ1) is 8.10. The molecule has 98 valence electrons. The number of hydrogen-bond donors (Lipinski definition) is 1. The second-order valence-corrected chi connectivity index (χ2v) is 4.55. The van der Waals surface area contributed by atoms with Crippen molar-refractivity contribution < 1.29 is 9.47 Å². The second kappa shape index (κ2) is 6.74. The van der Waals surface area contributed by atoms with E-state index in [4.69, 9.17) is 15.2 Å². The Morgan fingerprint density at radius 1 is 1.41 bits per heavy atom. The molecule has 2 atom stereocenters. The molecular weight excluding hydrogens is 218 g/mol. The number of hydrogen-bond acceptors (Lipinski definition) is 4. The quantitative estimate of drug-likeness (QED) is 0.779. The largest absolute Gasteiger partial charge is 0.382 e. The molecule has 5 nitrogen and oxygen atoms in total. The third-order valence-corrected chi connectivity index (χ3v) is 2.89. The minimum absolute atomic E-state index is 0.00227. The van der Waals surface area contributed by atoms with E-state index in [0.29, 0.717) is 19.1 Å². The molecule has 17 heavy (non-hydrogen) atoms. The molecule has 2 N–H and O–H groups in total. The van der Waals surface area contributed by atoms with Gasteiger partial charge in [0.15, 0.2) is 0 Å². The van der Waals surface area contributed by atoms with E-state index in [0.717, 1.165) is 5.69 Å². The van der Waals surface area contributed by atoms with Crippen LogP contribution in [0.3, 0.4) is 0 Å². The molecule has 0 spiro atoms. The Morgan fingerprint density at radius 3 is 2.65 bits per heavy atom. The molecule has 0 amide bonds. The highest BCUT2D eigenvalue weighted by Gasteiger charge is 2.17. The van der Waals surface area contributed by atoms with Gasteiger partial charge in [0.05, 0.1) is 31.3 Å². The summed E-state index contributed by atoms with van der Waals surface area (Å²) in [6.45, 7) is 5.47. The summed E-state index contributed by atoms with van der Waals surface area (Å²) in [6, 6.07) is -0.00227. The van der Waals surface area contributed by atoms with E-state index in [1.165, 1.54) is 0 Å². The summed E-state index contributed by atoms with van der Waals surface area (Å²) in [6.07, 6.45) is 3.64. The van der Waals surface area contributed by atoms with Gasteiger partial charge in [-0.3, -0.25) is 0 Å². The Balaban J connectivity index is 2.74. The highest BCUT2D eigenvalue weighted by atomic mass is 16.5. The summed E-state index contributed by atoms with van der Waals surface area (Å²) < 4.78 is 12.5. The van der Waals surface area contributed by atoms with E-state index in [1.54, 1.807) is 20.5 Å². The van der Waals surface area contributed by atoms with Crippen molar-refractivity contribution in [3.63, 3.8) is 0 Å². The summed E-state index contributed by atoms with van der Waals surface area (Å²) in [7, 11) is 3.35. The molecule has 0 aliphatic heterocycles. The molecule has 0 radical (unpaired) electrons. The number of nitrogens with two attached hydrogens (primary N) is 1. The van der Waals surface area contributed by atoms with Crippen molar-refractivity contribution in [1.82, 2.24) is 9.55 Å². The Morgan fingerprint density at radius 2 is 2.12 bits per heavy atom. The van der Waals surface area contributed by atoms with Gasteiger partial charge in [0, 0.05) is 26.5 Å². The zero-order valence-corrected chi connectivity index (χ0v) is 11.1. The Kier molecular flexibility index (Phi) is 5.61. The zero-order chi connectivity index (χ0) is 12.8. The lowest BCUT2D eigenvalue weighted by Gasteiger charge is -2.21. The molecule has 0 aliphatic rings. The van der Waals surface area contributed by atoms with Gasteiger partial charge in [-0.2, -0.15) is 0 Å². The lowest BCUT2D eigenvalue weighted by Crippen LogP contribution is -2.27. The first kappa shape index (κ1) is 14.2. The molecule has 0 aromatic carbocycles. The molecule has 5 heteroatoms. The third kappa shape index (κ3) is 3.80. The zero-order valence-electron chi connectivity index (χ0n) is 11.1. The predicted molar refractivity (Wildman–Crippen MR) is 66.7 cm³/mol. The van der Waals surface area contributed by atoms with Crippen molar-refractivity contribution in [1.29, 1.82) is 0 Å². The summed E-state index contributed by atoms with van der Waals surface area (Å²) in [5.74, 6) is 0.383. The molecule has 0 bridgehead atoms. The monoisotopic (exact) mass is 241 g/mol. The van der Waals surface area contributed by atoms with Crippen LogP contribution in [-0.2, 0) is 16.0 Å². The Labute approximate surface area is 103 Å². The summed E-state index contributed by atoms with van der Waals surface area (Å²) in [4.78, 5) is 4.16. The van der Waals surface area contributed by atoms with Gasteiger partial charge in [-0.05, 0) is 5.92 Å². The van der Waals surface area contributed by atoms with Gasteiger partial charge in [-0.25, -0.2) is 4.98 Å². The van der Waals surface area contributed by atoms with E-state index in [-0.39, 0.29) is 12.1 Å². The van der Waals surface area contributed by atoms with Crippen molar-refractivity contribution in [2.45, 2.75) is 32.5 Å². The van der Waals surface area contributed by atoms with E-state index >= 15 is 0 Å². The van der Waals surface area contributed by atoms with Crippen molar-refractivity contribution >= 4 is 0 Å². The number of ether oxygens (including phenoxy) is 2. The predicted octanol–water partition coefficient (Wildman–Crippen LogP) is 1.20. The van der Waals surface area contributed by atoms with Crippen molar-refractivity contribution in [3.05, 3.63) is 18.2 Å². The highest BCUT2D eigenvalue weighted by molar-refractivity contribution is 5.05. The maximum atomic E-state index is 6.14. The van der Waals surface area contributed by atoms with Gasteiger partial charge in [0.1, 0.15) is 0 Å². The number of imidazole rings is 1. The molecular formula is C12H23N3O2. The van der Waals surface area contributed by atoms with E-state index in [9.17, 15) is 0 Å². The number of aromatic nitrogens is 2. The summed E-state index contributed by atoms with van der Waals surface area (Å²) >= 11 is 0. The number of methoxy groups -OCH3 is 2. The third-order valence-electron chi connectivity index (χ3n) is 2.89. The van der Waals surface area contributed by atoms with Crippen LogP contribution in [0.2, 0.25) is 0 Å². The van der Waals surface area contributed by atoms with Gasteiger partial charge in [0.2, 0.25) is 0 Å². The maximum Gasteiger partial charge on any atom is 0.0983 e. The SMILES string of the molecule is COCC(Cn1cncc1C(N)C(C)C)OC. The molecule has 1 aromatic heterocycles. The first-order valence-corrected chi connectivity index (χ1v) is 5.87. The van der Waals surface area contributed by atoms with Gasteiger partial charge in [-0.15, -0.1) is 0 Å². The minimum Gasteiger partial charge on any atom is -0.382 e. The lowest BCUT2D eigenvalue weighted by molar-refractivity contribution is 0.0177. The fourth-order valence-corrected chi connectivity index (χ4v) is 1.70. The highest BCUT2D eigenvalue weighted by Crippen LogP contribution is 2.18. The van der Waals surface area contributed by atoms with Crippen molar-refractivity contribution in [3.8, 4) is 0 Å². The lowest BCUT2D eigenvalue weighted by atomic mass is 10.0. The van der Waals surface area contributed by atoms with Gasteiger partial charge in [0.25, 0.3) is 0 Å². The van der Waals surface area contributed by atoms with Crippen LogP contribution in [0.25, 0.3) is 0 Å². The van der Waals surface area contributed by atoms with Crippen LogP contribution in [0, 0.1) is 5.92 Å². The molecule has 2 unspecified atom stereocenters. The molecule has 1 aromatic rings. The van der Waals surface area contributed by atoms with E-state index in [1.807, 2.05) is 10.8 Å². The second-order valence-electron chi connectivity index (χ2n) is 4.55. The average molecular weight is 241 g/mol. The van der Waals surface area contributed by atoms with Gasteiger partial charge >= 0.3 is 0 Å². The molecule has 1 heterocycles. The van der Waals surface area contributed by atoms with Crippen LogP contribution >= 0.6 is 0 Å². The van der Waals surface area contributed by atoms with Crippen LogP contribution in [0.5, 0.6) is 0 Å². The van der Waals surface area contributed by atoms with Crippen LogP contribution in [0.1, 0.15) is 25.6 Å². The fraction of sp³-hybridized carbons (Fsp3) is 0.750. The molecule has 0 saturated heterocycles. The van der Waals surface area contributed by atoms with Crippen LogP contribution in [0.15, 0.2) is 12.5 Å². The van der Waals surface area contributed by atoms with Crippen LogP contribution < -0.4 is 5.73 Å². The maximum absolute atomic E-state index is 6.14. The van der Waals surface area contributed by atoms with E-state index in [2.05, 4.69) is 18.8 Å². The molecule has 1 rings (SSSR count). The normalized spacial score (nSPS) is 15.2. The van der Waals surface area contributed by atoms with Crippen LogP contribution in [-0.4, -0.2) is 36.5 Å². The topological polar surface area (TPSA) is 62.3 Å².